The normalized spacial score (nSPS) is 7.47. The fourth-order valence-corrected chi connectivity index (χ4v) is 5.00. The summed E-state index contributed by atoms with van der Waals surface area (Å²) >= 11 is 0. The lowest BCUT2D eigenvalue weighted by Gasteiger charge is -2.08. The van der Waals surface area contributed by atoms with E-state index in [1.54, 1.807) is 56.9 Å². The number of aliphatic imine (C=N–C) groups is 1. The number of methoxy groups -OCH3 is 4. The van der Waals surface area contributed by atoms with Gasteiger partial charge in [0.25, 0.3) is 0 Å². The Kier molecular flexibility index (Phi) is 125. The third kappa shape index (κ3) is 74.8. The van der Waals surface area contributed by atoms with Gasteiger partial charge in [-0.3, -0.25) is 4.79 Å². The highest BCUT2D eigenvalue weighted by Gasteiger charge is 2.08. The summed E-state index contributed by atoms with van der Waals surface area (Å²) in [6.45, 7) is 44.1. The molecule has 0 bridgehead atoms. The molecule has 0 saturated carbocycles. The summed E-state index contributed by atoms with van der Waals surface area (Å²) in [5, 5.41) is 0. The number of carbonyl (C=O) groups excluding carboxylic acids is 1. The van der Waals surface area contributed by atoms with Crippen LogP contribution in [0.2, 0.25) is 0 Å². The summed E-state index contributed by atoms with van der Waals surface area (Å²) in [5.41, 5.74) is 14.5. The van der Waals surface area contributed by atoms with Crippen LogP contribution < -0.4 is 5.73 Å². The molecule has 0 aliphatic heterocycles. The van der Waals surface area contributed by atoms with Crippen LogP contribution in [0.3, 0.4) is 0 Å². The number of para-hydroxylation sites is 2. The number of nitrogen functional groups attached to an aromatic ring is 1. The topological polar surface area (TPSA) is 92.4 Å². The molecule has 0 aliphatic carbocycles. The van der Waals surface area contributed by atoms with E-state index in [1.807, 2.05) is 352 Å². The van der Waals surface area contributed by atoms with Gasteiger partial charge in [0.05, 0.1) is 11.4 Å². The van der Waals surface area contributed by atoms with Crippen molar-refractivity contribution in [1.29, 1.82) is 0 Å². The molecule has 0 radical (unpaired) electrons. The van der Waals surface area contributed by atoms with Crippen LogP contribution in [0, 0.1) is 13.8 Å². The zero-order valence-corrected chi connectivity index (χ0v) is 61.2. The van der Waals surface area contributed by atoms with Crippen LogP contribution in [-0.2, 0) is 18.9 Å². The largest absolute Gasteiger partial charge is 0.399 e. The number of carbonyl (C=O) groups is 1. The Bertz CT molecular complexity index is 2120. The summed E-state index contributed by atoms with van der Waals surface area (Å²) in [4.78, 5) is 16.8. The van der Waals surface area contributed by atoms with E-state index in [4.69, 9.17) is 10.7 Å². The first kappa shape index (κ1) is 105. The van der Waals surface area contributed by atoms with E-state index in [1.165, 1.54) is 5.56 Å². The van der Waals surface area contributed by atoms with E-state index in [2.05, 4.69) is 62.3 Å². The molecule has 492 valence electrons. The minimum absolute atomic E-state index is 0.0752. The van der Waals surface area contributed by atoms with Gasteiger partial charge in [0, 0.05) is 84.8 Å². The van der Waals surface area contributed by atoms with E-state index in [9.17, 15) is 4.79 Å². The van der Waals surface area contributed by atoms with E-state index in [0.29, 0.717) is 0 Å². The Morgan fingerprint density at radius 1 is 0.264 bits per heavy atom. The maximum Gasteiger partial charge on any atom is 0.193 e. The average molecular weight is 1200 g/mol. The van der Waals surface area contributed by atoms with Crippen molar-refractivity contribution >= 4 is 22.9 Å². The molecule has 0 saturated heterocycles. The van der Waals surface area contributed by atoms with Crippen LogP contribution in [0.4, 0.5) is 11.4 Å². The molecule has 0 fully saturated rings. The average Bonchev–Trinajstić information content (AvgIpc) is 3.38. The van der Waals surface area contributed by atoms with Crippen LogP contribution in [0.5, 0.6) is 0 Å². The molecule has 8 aromatic rings. The Hall–Kier alpha value is -7.26. The van der Waals surface area contributed by atoms with Gasteiger partial charge in [-0.1, -0.05) is 369 Å². The molecule has 7 nitrogen and oxygen atoms in total. The number of anilines is 1. The first-order valence-corrected chi connectivity index (χ1v) is 31.5. The van der Waals surface area contributed by atoms with Crippen LogP contribution in [0.15, 0.2) is 248 Å². The van der Waals surface area contributed by atoms with Crippen molar-refractivity contribution in [1.82, 2.24) is 0 Å². The monoisotopic (exact) mass is 1200 g/mol. The SMILES string of the molecule is CC.CC.CC.CC.CC.CC.CC.CC.CC.CC.COC.COC.COC.COC.Cc1ccccc1N.Cc1ccccc1N=C(c1ccccc1)c1ccccc1.O=C(c1ccccc1)c1ccccc1.c1ccccc1.c1ccccc1. The predicted octanol–water partition coefficient (Wildman–Crippen LogP) is 24.3. The van der Waals surface area contributed by atoms with Crippen molar-refractivity contribution < 1.29 is 23.7 Å². The van der Waals surface area contributed by atoms with Crippen molar-refractivity contribution in [3.8, 4) is 0 Å². The van der Waals surface area contributed by atoms with Gasteiger partial charge in [-0.2, -0.15) is 0 Å². The highest BCUT2D eigenvalue weighted by molar-refractivity contribution is 6.14. The molecule has 7 heteroatoms. The smallest absolute Gasteiger partial charge is 0.193 e. The van der Waals surface area contributed by atoms with E-state index in [-0.39, 0.29) is 5.78 Å². The minimum atomic E-state index is 0.0752. The fourth-order valence-electron chi connectivity index (χ4n) is 5.00. The van der Waals surface area contributed by atoms with Crippen molar-refractivity contribution in [2.45, 2.75) is 152 Å². The van der Waals surface area contributed by atoms with Gasteiger partial charge in [0.15, 0.2) is 5.78 Å². The number of hydrogen-bond acceptors (Lipinski definition) is 7. The van der Waals surface area contributed by atoms with Crippen molar-refractivity contribution in [2.24, 2.45) is 4.99 Å². The Morgan fingerprint density at radius 2 is 0.437 bits per heavy atom. The zero-order chi connectivity index (χ0) is 69.6. The lowest BCUT2D eigenvalue weighted by molar-refractivity contribution is 0.103. The number of aryl methyl sites for hydroxylation is 2. The highest BCUT2D eigenvalue weighted by Crippen LogP contribution is 2.21. The second-order valence-corrected chi connectivity index (χ2v) is 13.8. The molecule has 8 aromatic carbocycles. The maximum atomic E-state index is 11.8. The van der Waals surface area contributed by atoms with Gasteiger partial charge in [0.1, 0.15) is 0 Å². The third-order valence-electron chi connectivity index (χ3n) is 8.04. The maximum absolute atomic E-state index is 11.8. The number of rotatable bonds is 5. The van der Waals surface area contributed by atoms with Gasteiger partial charge >= 0.3 is 0 Å². The third-order valence-corrected chi connectivity index (χ3v) is 8.04. The van der Waals surface area contributed by atoms with Crippen molar-refractivity contribution in [2.75, 3.05) is 62.6 Å². The van der Waals surface area contributed by atoms with Crippen molar-refractivity contribution in [3.05, 3.63) is 276 Å². The second kappa shape index (κ2) is 104. The molecular weight excluding hydrogens is 1070 g/mol. The van der Waals surface area contributed by atoms with Gasteiger partial charge in [-0.05, 0) is 37.1 Å². The Labute approximate surface area is 539 Å². The van der Waals surface area contributed by atoms with Crippen LogP contribution >= 0.6 is 0 Å². The minimum Gasteiger partial charge on any atom is -0.399 e. The van der Waals surface area contributed by atoms with Crippen LogP contribution in [0.25, 0.3) is 0 Å². The first-order valence-electron chi connectivity index (χ1n) is 31.5. The molecule has 0 atom stereocenters. The number of nitrogens with zero attached hydrogens (tertiary/aromatic N) is 1. The highest BCUT2D eigenvalue weighted by atomic mass is 16.5. The summed E-state index contributed by atoms with van der Waals surface area (Å²) in [6, 6.07) is 79.3. The summed E-state index contributed by atoms with van der Waals surface area (Å²) in [5.74, 6) is 0.0752. The fraction of sp³-hybridized carbons (Fsp3) is 0.375. The first-order chi connectivity index (χ1) is 42.7. The van der Waals surface area contributed by atoms with E-state index in [0.717, 1.165) is 44.9 Å². The molecule has 0 amide bonds. The molecular formula is C80H132N2O5. The van der Waals surface area contributed by atoms with E-state index < -0.39 is 0 Å². The Balaban J connectivity index is -0.0000000858. The summed E-state index contributed by atoms with van der Waals surface area (Å²) < 4.78 is 17.0. The second-order valence-electron chi connectivity index (χ2n) is 13.8. The lowest BCUT2D eigenvalue weighted by Crippen LogP contribution is -2.02. The predicted molar refractivity (Wildman–Crippen MR) is 399 cm³/mol. The number of hydrogen-bond donors (Lipinski definition) is 1. The summed E-state index contributed by atoms with van der Waals surface area (Å²) in [7, 11) is 13.0. The molecule has 2 N–H and O–H groups in total. The standard InChI is InChI=1S/C20H17N.C13H10O.C7H9N.2C6H6.4C2H6O.10C2H6/c1-16-10-8-9-15-19(16)21-20(17-11-4-2-5-12-17)18-13-6-3-7-14-18;14-13(11-7-3-1-4-8-11)12-9-5-2-6-10-12;1-6-4-2-3-5-7(6)8;2*1-2-4-6-5-3-1;4*1-3-2;10*1-2/h2-15H,1H3;1-10H;2-5H,8H2,1H3;2*1-6H;4*1-2H3;10*1-2H3. The number of ether oxygens (including phenoxy) is 4. The number of nitrogens with two attached hydrogens (primary N) is 1. The van der Waals surface area contributed by atoms with Crippen LogP contribution in [-0.4, -0.2) is 68.4 Å². The molecule has 0 spiro atoms. The van der Waals surface area contributed by atoms with Crippen molar-refractivity contribution in [3.63, 3.8) is 0 Å². The lowest BCUT2D eigenvalue weighted by atomic mass is 10.0. The zero-order valence-electron chi connectivity index (χ0n) is 61.2. The molecule has 0 unspecified atom stereocenters. The Morgan fingerprint density at radius 3 is 0.632 bits per heavy atom. The number of benzene rings is 8. The molecule has 0 aliphatic rings. The van der Waals surface area contributed by atoms with Gasteiger partial charge in [0.2, 0.25) is 0 Å². The molecule has 0 aromatic heterocycles. The van der Waals surface area contributed by atoms with Gasteiger partial charge < -0.3 is 24.7 Å². The number of ketones is 1. The van der Waals surface area contributed by atoms with Crippen LogP contribution in [0.1, 0.15) is 177 Å². The van der Waals surface area contributed by atoms with E-state index >= 15 is 0 Å². The molecule has 8 rings (SSSR count). The quantitative estimate of drug-likeness (QED) is 0.105. The molecule has 0 heterocycles. The van der Waals surface area contributed by atoms with Gasteiger partial charge in [-0.25, -0.2) is 4.99 Å². The summed E-state index contributed by atoms with van der Waals surface area (Å²) in [6.07, 6.45) is 0. The van der Waals surface area contributed by atoms with Gasteiger partial charge in [-0.15, -0.1) is 0 Å². The molecule has 87 heavy (non-hydrogen) atoms.